The van der Waals surface area contributed by atoms with Crippen LogP contribution in [0, 0.1) is 6.92 Å². The predicted octanol–water partition coefficient (Wildman–Crippen LogP) is 3.46. The Morgan fingerprint density at radius 1 is 1.22 bits per heavy atom. The van der Waals surface area contributed by atoms with E-state index in [1.54, 1.807) is 24.5 Å². The number of aryl methyl sites for hydroxylation is 1. The highest BCUT2D eigenvalue weighted by Gasteiger charge is 2.16. The molecule has 2 rings (SSSR count). The SMILES string of the molecule is CN=C(NCCNS(=O)(=O)c1ccc(Cl)s1)NC(C)Cc1ccc(C)s1.I. The first-order chi connectivity index (χ1) is 12.3. The largest absolute Gasteiger partial charge is 0.355 e. The minimum atomic E-state index is -3.52. The van der Waals surface area contributed by atoms with Crippen LogP contribution in [0.4, 0.5) is 0 Å². The molecule has 3 N–H and O–H groups in total. The van der Waals surface area contributed by atoms with Crippen LogP contribution in [-0.4, -0.2) is 40.6 Å². The van der Waals surface area contributed by atoms with Crippen molar-refractivity contribution >= 4 is 74.2 Å². The number of sulfonamides is 1. The molecule has 0 aliphatic heterocycles. The molecule has 0 amide bonds. The Kier molecular flexibility index (Phi) is 10.6. The second-order valence-corrected chi connectivity index (χ2v) is 10.8. The van der Waals surface area contributed by atoms with Gasteiger partial charge in [0.05, 0.1) is 4.34 Å². The summed E-state index contributed by atoms with van der Waals surface area (Å²) in [6.07, 6.45) is 0.908. The summed E-state index contributed by atoms with van der Waals surface area (Å²) in [5, 5.41) is 6.42. The van der Waals surface area contributed by atoms with Crippen LogP contribution >= 0.6 is 58.3 Å². The molecule has 1 atom stereocenters. The van der Waals surface area contributed by atoms with Gasteiger partial charge in [-0.1, -0.05) is 11.6 Å². The fourth-order valence-corrected chi connectivity index (χ4v) is 5.83. The molecule has 0 radical (unpaired) electrons. The van der Waals surface area contributed by atoms with Crippen LogP contribution in [0.5, 0.6) is 0 Å². The molecule has 0 aliphatic rings. The smallest absolute Gasteiger partial charge is 0.250 e. The number of guanidine groups is 1. The summed E-state index contributed by atoms with van der Waals surface area (Å²) in [4.78, 5) is 6.80. The molecule has 0 aromatic carbocycles. The van der Waals surface area contributed by atoms with E-state index in [-0.39, 0.29) is 40.8 Å². The van der Waals surface area contributed by atoms with Crippen molar-refractivity contribution in [2.45, 2.75) is 30.5 Å². The Hall–Kier alpha value is -0.400. The molecular weight excluding hydrogens is 539 g/mol. The van der Waals surface area contributed by atoms with Crippen LogP contribution in [-0.2, 0) is 16.4 Å². The van der Waals surface area contributed by atoms with Gasteiger partial charge in [-0.3, -0.25) is 4.99 Å². The van der Waals surface area contributed by atoms with E-state index in [4.69, 9.17) is 11.6 Å². The van der Waals surface area contributed by atoms with E-state index in [0.717, 1.165) is 17.8 Å². The van der Waals surface area contributed by atoms with Gasteiger partial charge in [0.25, 0.3) is 0 Å². The summed E-state index contributed by atoms with van der Waals surface area (Å²) in [5.74, 6) is 0.643. The Bertz CT molecular complexity index is 851. The van der Waals surface area contributed by atoms with Crippen molar-refractivity contribution in [2.75, 3.05) is 20.1 Å². The van der Waals surface area contributed by atoms with Crippen LogP contribution < -0.4 is 15.4 Å². The van der Waals surface area contributed by atoms with Crippen molar-refractivity contribution in [1.29, 1.82) is 0 Å². The molecule has 0 spiro atoms. The van der Waals surface area contributed by atoms with Crippen molar-refractivity contribution in [3.05, 3.63) is 38.4 Å². The van der Waals surface area contributed by atoms with Crippen LogP contribution in [0.2, 0.25) is 4.34 Å². The van der Waals surface area contributed by atoms with E-state index < -0.39 is 10.0 Å². The summed E-state index contributed by atoms with van der Waals surface area (Å²) in [5.41, 5.74) is 0. The molecule has 27 heavy (non-hydrogen) atoms. The number of aliphatic imine (C=N–C) groups is 1. The number of rotatable bonds is 8. The van der Waals surface area contributed by atoms with Gasteiger partial charge in [-0.25, -0.2) is 13.1 Å². The van der Waals surface area contributed by atoms with Gasteiger partial charge in [0.1, 0.15) is 4.21 Å². The highest BCUT2D eigenvalue weighted by molar-refractivity contribution is 14.0. The van der Waals surface area contributed by atoms with E-state index in [1.165, 1.54) is 15.8 Å². The minimum Gasteiger partial charge on any atom is -0.355 e. The van der Waals surface area contributed by atoms with Gasteiger partial charge in [0.15, 0.2) is 5.96 Å². The number of hydrogen-bond acceptors (Lipinski definition) is 5. The maximum Gasteiger partial charge on any atom is 0.250 e. The van der Waals surface area contributed by atoms with E-state index in [1.807, 2.05) is 0 Å². The number of thiophene rings is 2. The first-order valence-corrected chi connectivity index (χ1v) is 11.6. The topological polar surface area (TPSA) is 82.6 Å². The number of hydrogen-bond donors (Lipinski definition) is 3. The zero-order valence-corrected chi connectivity index (χ0v) is 20.8. The van der Waals surface area contributed by atoms with Crippen LogP contribution in [0.3, 0.4) is 0 Å². The van der Waals surface area contributed by atoms with E-state index in [9.17, 15) is 8.42 Å². The molecule has 0 saturated carbocycles. The third-order valence-electron chi connectivity index (χ3n) is 3.43. The fourth-order valence-electron chi connectivity index (χ4n) is 2.26. The lowest BCUT2D eigenvalue weighted by molar-refractivity contribution is 0.581. The summed E-state index contributed by atoms with van der Waals surface area (Å²) in [7, 11) is -1.83. The van der Waals surface area contributed by atoms with E-state index >= 15 is 0 Å². The van der Waals surface area contributed by atoms with Crippen molar-refractivity contribution in [2.24, 2.45) is 4.99 Å². The van der Waals surface area contributed by atoms with Gasteiger partial charge in [-0.05, 0) is 38.1 Å². The highest BCUT2D eigenvalue weighted by atomic mass is 127. The van der Waals surface area contributed by atoms with Crippen molar-refractivity contribution in [3.63, 3.8) is 0 Å². The number of nitrogens with one attached hydrogen (secondary N) is 3. The number of halogens is 2. The number of nitrogens with zero attached hydrogens (tertiary/aromatic N) is 1. The van der Waals surface area contributed by atoms with Gasteiger partial charge in [0, 0.05) is 42.4 Å². The Morgan fingerprint density at radius 2 is 1.96 bits per heavy atom. The molecule has 2 aromatic rings. The van der Waals surface area contributed by atoms with Gasteiger partial charge in [-0.15, -0.1) is 46.7 Å². The molecule has 0 fully saturated rings. The molecule has 1 unspecified atom stereocenters. The summed E-state index contributed by atoms with van der Waals surface area (Å²) in [6, 6.07) is 7.54. The average Bonchev–Trinajstić information content (AvgIpc) is 3.19. The molecule has 152 valence electrons. The summed E-state index contributed by atoms with van der Waals surface area (Å²) in [6.45, 7) is 4.85. The second kappa shape index (κ2) is 11.6. The predicted molar refractivity (Wildman–Crippen MR) is 127 cm³/mol. The van der Waals surface area contributed by atoms with Gasteiger partial charge in [0.2, 0.25) is 10.0 Å². The monoisotopic (exact) mass is 562 g/mol. The third-order valence-corrected chi connectivity index (χ3v) is 7.64. The molecule has 6 nitrogen and oxygen atoms in total. The van der Waals surface area contributed by atoms with E-state index in [2.05, 4.69) is 46.3 Å². The van der Waals surface area contributed by atoms with Crippen molar-refractivity contribution < 1.29 is 8.42 Å². The maximum atomic E-state index is 12.1. The maximum absolute atomic E-state index is 12.1. The first-order valence-electron chi connectivity index (χ1n) is 8.07. The molecule has 0 bridgehead atoms. The van der Waals surface area contributed by atoms with Gasteiger partial charge >= 0.3 is 0 Å². The lowest BCUT2D eigenvalue weighted by Crippen LogP contribution is -2.45. The highest BCUT2D eigenvalue weighted by Crippen LogP contribution is 2.25. The molecule has 2 heterocycles. The van der Waals surface area contributed by atoms with Crippen LogP contribution in [0.1, 0.15) is 16.7 Å². The summed E-state index contributed by atoms with van der Waals surface area (Å²) < 4.78 is 27.4. The van der Waals surface area contributed by atoms with Crippen molar-refractivity contribution in [1.82, 2.24) is 15.4 Å². The normalized spacial score (nSPS) is 13.1. The lowest BCUT2D eigenvalue weighted by atomic mass is 10.2. The van der Waals surface area contributed by atoms with E-state index in [0.29, 0.717) is 16.8 Å². The van der Waals surface area contributed by atoms with Gasteiger partial charge < -0.3 is 10.6 Å². The van der Waals surface area contributed by atoms with Crippen LogP contribution in [0.25, 0.3) is 0 Å². The fraction of sp³-hybridized carbons (Fsp3) is 0.438. The zero-order chi connectivity index (χ0) is 19.2. The average molecular weight is 563 g/mol. The minimum absolute atomic E-state index is 0. The van der Waals surface area contributed by atoms with Crippen LogP contribution in [0.15, 0.2) is 33.5 Å². The second-order valence-electron chi connectivity index (χ2n) is 5.72. The molecule has 0 saturated heterocycles. The zero-order valence-electron chi connectivity index (χ0n) is 15.3. The Balaban J connectivity index is 0.00000364. The molecule has 11 heteroatoms. The Morgan fingerprint density at radius 3 is 2.52 bits per heavy atom. The molecule has 2 aromatic heterocycles. The standard InChI is InChI=1S/C16H23ClN4O2S3.HI/c1-11(10-13-5-4-12(2)24-13)21-16(18-3)19-8-9-20-26(22,23)15-7-6-14(17)25-15;/h4-7,11,20H,8-10H2,1-3H3,(H2,18,19,21);1H. The Labute approximate surface area is 190 Å². The van der Waals surface area contributed by atoms with Crippen molar-refractivity contribution in [3.8, 4) is 0 Å². The summed E-state index contributed by atoms with van der Waals surface area (Å²) >= 11 is 8.61. The molecule has 0 aliphatic carbocycles. The third kappa shape index (κ3) is 8.24. The van der Waals surface area contributed by atoms with Gasteiger partial charge in [-0.2, -0.15) is 0 Å². The molecular formula is C16H24ClIN4O2S3. The lowest BCUT2D eigenvalue weighted by Gasteiger charge is -2.17. The quantitative estimate of drug-likeness (QED) is 0.199. The first kappa shape index (κ1) is 24.6.